The predicted octanol–water partition coefficient (Wildman–Crippen LogP) is 2.34. The lowest BCUT2D eigenvalue weighted by Gasteiger charge is -2.26. The summed E-state index contributed by atoms with van der Waals surface area (Å²) in [6.45, 7) is 3.28. The van der Waals surface area contributed by atoms with E-state index >= 15 is 0 Å². The molecule has 0 spiro atoms. The summed E-state index contributed by atoms with van der Waals surface area (Å²) in [5, 5.41) is 2.75. The molecule has 1 aromatic carbocycles. The van der Waals surface area contributed by atoms with Crippen LogP contribution in [-0.4, -0.2) is 52.0 Å². The summed E-state index contributed by atoms with van der Waals surface area (Å²) >= 11 is 1.37. The van der Waals surface area contributed by atoms with Gasteiger partial charge < -0.3 is 14.8 Å². The fourth-order valence-electron chi connectivity index (χ4n) is 2.62. The molecule has 140 valence electrons. The number of benzene rings is 1. The monoisotopic (exact) mass is 396 g/mol. The number of hydrogen-bond donors (Lipinski definition) is 1. The highest BCUT2D eigenvalue weighted by molar-refractivity contribution is 7.89. The average molecular weight is 396 g/mol. The predicted molar refractivity (Wildman–Crippen MR) is 99.6 cm³/mol. The number of aryl methyl sites for hydroxylation is 1. The van der Waals surface area contributed by atoms with E-state index in [1.54, 1.807) is 12.1 Å². The number of ether oxygens (including phenoxy) is 2. The molecular formula is C17H20N2O5S2. The van der Waals surface area contributed by atoms with Crippen molar-refractivity contribution in [1.82, 2.24) is 4.31 Å². The van der Waals surface area contributed by atoms with E-state index in [2.05, 4.69) is 5.32 Å². The highest BCUT2D eigenvalue weighted by Gasteiger charge is 2.27. The summed E-state index contributed by atoms with van der Waals surface area (Å²) in [5.74, 6) is 0.0925. The lowest BCUT2D eigenvalue weighted by molar-refractivity contribution is 0.0730. The molecule has 1 aliphatic heterocycles. The van der Waals surface area contributed by atoms with Gasteiger partial charge in [-0.25, -0.2) is 8.42 Å². The van der Waals surface area contributed by atoms with Gasteiger partial charge in [0.1, 0.15) is 5.75 Å². The Morgan fingerprint density at radius 1 is 1.23 bits per heavy atom. The van der Waals surface area contributed by atoms with Gasteiger partial charge >= 0.3 is 0 Å². The van der Waals surface area contributed by atoms with Gasteiger partial charge in [0, 0.05) is 18.0 Å². The minimum atomic E-state index is -3.66. The molecule has 3 rings (SSSR count). The Labute approximate surface area is 156 Å². The standard InChI is InChI=1S/C17H20N2O5S2/c1-12-3-6-16(25-12)17(20)18-14-11-13(4-5-15(14)23-2)26(21,22)19-7-9-24-10-8-19/h3-6,11H,7-10H2,1-2H3,(H,18,20). The summed E-state index contributed by atoms with van der Waals surface area (Å²) in [7, 11) is -2.19. The molecule has 1 fully saturated rings. The summed E-state index contributed by atoms with van der Waals surface area (Å²) in [6, 6.07) is 8.05. The minimum absolute atomic E-state index is 0.109. The smallest absolute Gasteiger partial charge is 0.265 e. The van der Waals surface area contributed by atoms with Crippen LogP contribution in [0.5, 0.6) is 5.75 Å². The molecular weight excluding hydrogens is 376 g/mol. The zero-order chi connectivity index (χ0) is 18.7. The molecule has 0 saturated carbocycles. The van der Waals surface area contributed by atoms with Crippen LogP contribution in [0.15, 0.2) is 35.2 Å². The lowest BCUT2D eigenvalue weighted by Crippen LogP contribution is -2.40. The Kier molecular flexibility index (Phi) is 5.61. The van der Waals surface area contributed by atoms with E-state index in [1.807, 2.05) is 13.0 Å². The number of hydrogen-bond acceptors (Lipinski definition) is 6. The number of thiophene rings is 1. The van der Waals surface area contributed by atoms with E-state index < -0.39 is 10.0 Å². The van der Waals surface area contributed by atoms with Crippen LogP contribution in [0.25, 0.3) is 0 Å². The number of carbonyl (C=O) groups is 1. The molecule has 2 aromatic rings. The molecule has 0 atom stereocenters. The second-order valence-corrected chi connectivity index (χ2v) is 8.97. The summed E-state index contributed by atoms with van der Waals surface area (Å²) in [4.78, 5) is 14.1. The first-order valence-electron chi connectivity index (χ1n) is 8.05. The first-order chi connectivity index (χ1) is 12.4. The molecule has 0 unspecified atom stereocenters. The molecule has 1 aromatic heterocycles. The van der Waals surface area contributed by atoms with Crippen molar-refractivity contribution in [3.05, 3.63) is 40.1 Å². The SMILES string of the molecule is COc1ccc(S(=O)(=O)N2CCOCC2)cc1NC(=O)c1ccc(C)s1. The zero-order valence-electron chi connectivity index (χ0n) is 14.5. The topological polar surface area (TPSA) is 84.9 Å². The maximum Gasteiger partial charge on any atom is 0.265 e. The minimum Gasteiger partial charge on any atom is -0.495 e. The Bertz CT molecular complexity index is 902. The van der Waals surface area contributed by atoms with E-state index in [-0.39, 0.29) is 10.8 Å². The van der Waals surface area contributed by atoms with Crippen LogP contribution in [0, 0.1) is 6.92 Å². The molecule has 0 bridgehead atoms. The van der Waals surface area contributed by atoms with Crippen LogP contribution in [0.2, 0.25) is 0 Å². The van der Waals surface area contributed by atoms with Crippen molar-refractivity contribution in [1.29, 1.82) is 0 Å². The molecule has 2 heterocycles. The Hall–Kier alpha value is -1.94. The van der Waals surface area contributed by atoms with Crippen LogP contribution in [-0.2, 0) is 14.8 Å². The van der Waals surface area contributed by atoms with Gasteiger partial charge in [0.15, 0.2) is 0 Å². The normalized spacial score (nSPS) is 15.6. The molecule has 1 amide bonds. The van der Waals surface area contributed by atoms with Gasteiger partial charge in [-0.1, -0.05) is 0 Å². The number of amides is 1. The third-order valence-corrected chi connectivity index (χ3v) is 6.89. The van der Waals surface area contributed by atoms with E-state index in [0.717, 1.165) is 4.88 Å². The Morgan fingerprint density at radius 2 is 1.96 bits per heavy atom. The molecule has 7 nitrogen and oxygen atoms in total. The summed E-state index contributed by atoms with van der Waals surface area (Å²) < 4.78 is 37.5. The highest BCUT2D eigenvalue weighted by Crippen LogP contribution is 2.30. The molecule has 26 heavy (non-hydrogen) atoms. The van der Waals surface area contributed by atoms with Crippen molar-refractivity contribution >= 4 is 33.0 Å². The van der Waals surface area contributed by atoms with Gasteiger partial charge in [0.25, 0.3) is 5.91 Å². The fraction of sp³-hybridized carbons (Fsp3) is 0.353. The first kappa shape index (κ1) is 18.8. The number of carbonyl (C=O) groups excluding carboxylic acids is 1. The number of nitrogens with zero attached hydrogens (tertiary/aromatic N) is 1. The fourth-order valence-corrected chi connectivity index (χ4v) is 4.82. The quantitative estimate of drug-likeness (QED) is 0.839. The Balaban J connectivity index is 1.90. The third-order valence-electron chi connectivity index (χ3n) is 3.99. The van der Waals surface area contributed by atoms with Crippen LogP contribution < -0.4 is 10.1 Å². The zero-order valence-corrected chi connectivity index (χ0v) is 16.2. The first-order valence-corrected chi connectivity index (χ1v) is 10.3. The number of rotatable bonds is 5. The number of morpholine rings is 1. The number of sulfonamides is 1. The van der Waals surface area contributed by atoms with Crippen molar-refractivity contribution in [3.63, 3.8) is 0 Å². The lowest BCUT2D eigenvalue weighted by atomic mass is 10.3. The van der Waals surface area contributed by atoms with Crippen molar-refractivity contribution in [2.45, 2.75) is 11.8 Å². The van der Waals surface area contributed by atoms with E-state index in [9.17, 15) is 13.2 Å². The van der Waals surface area contributed by atoms with Crippen molar-refractivity contribution < 1.29 is 22.7 Å². The number of methoxy groups -OCH3 is 1. The second-order valence-electron chi connectivity index (χ2n) is 5.74. The molecule has 1 saturated heterocycles. The van der Waals surface area contributed by atoms with Crippen LogP contribution in [0.1, 0.15) is 14.5 Å². The summed E-state index contributed by atoms with van der Waals surface area (Å²) in [5.41, 5.74) is 0.317. The average Bonchev–Trinajstić information content (AvgIpc) is 3.09. The van der Waals surface area contributed by atoms with Crippen LogP contribution >= 0.6 is 11.3 Å². The highest BCUT2D eigenvalue weighted by atomic mass is 32.2. The van der Waals surface area contributed by atoms with Gasteiger partial charge in [-0.05, 0) is 37.3 Å². The number of anilines is 1. The number of nitrogens with one attached hydrogen (secondary N) is 1. The second kappa shape index (κ2) is 7.75. The third kappa shape index (κ3) is 3.90. The molecule has 1 aliphatic rings. The van der Waals surface area contributed by atoms with E-state index in [4.69, 9.17) is 9.47 Å². The van der Waals surface area contributed by atoms with E-state index in [0.29, 0.717) is 42.6 Å². The molecule has 1 N–H and O–H groups in total. The van der Waals surface area contributed by atoms with Gasteiger partial charge in [-0.3, -0.25) is 4.79 Å². The molecule has 9 heteroatoms. The van der Waals surface area contributed by atoms with E-state index in [1.165, 1.54) is 34.9 Å². The van der Waals surface area contributed by atoms with Crippen molar-refractivity contribution in [3.8, 4) is 5.75 Å². The van der Waals surface area contributed by atoms with Gasteiger partial charge in [-0.15, -0.1) is 11.3 Å². The maximum absolute atomic E-state index is 12.8. The summed E-state index contributed by atoms with van der Waals surface area (Å²) in [6.07, 6.45) is 0. The van der Waals surface area contributed by atoms with Crippen LogP contribution in [0.3, 0.4) is 0 Å². The maximum atomic E-state index is 12.8. The van der Waals surface area contributed by atoms with Crippen molar-refractivity contribution in [2.24, 2.45) is 0 Å². The largest absolute Gasteiger partial charge is 0.495 e. The molecule has 0 radical (unpaired) electrons. The Morgan fingerprint density at radius 3 is 2.58 bits per heavy atom. The van der Waals surface area contributed by atoms with Crippen molar-refractivity contribution in [2.75, 3.05) is 38.7 Å². The van der Waals surface area contributed by atoms with Gasteiger partial charge in [0.2, 0.25) is 10.0 Å². The van der Waals surface area contributed by atoms with Gasteiger partial charge in [0.05, 0.1) is 35.8 Å². The molecule has 0 aliphatic carbocycles. The van der Waals surface area contributed by atoms with Crippen LogP contribution in [0.4, 0.5) is 5.69 Å². The van der Waals surface area contributed by atoms with Gasteiger partial charge in [-0.2, -0.15) is 4.31 Å².